The first-order chi connectivity index (χ1) is 26.6. The molecule has 0 amide bonds. The van der Waals surface area contributed by atoms with Gasteiger partial charge in [0.05, 0.1) is 11.0 Å². The first-order valence-corrected chi connectivity index (χ1v) is 19.4. The average Bonchev–Trinajstić information content (AvgIpc) is 3.78. The van der Waals surface area contributed by atoms with Crippen LogP contribution in [0.4, 0.5) is 11.4 Å². The average molecular weight is 711 g/mol. The van der Waals surface area contributed by atoms with Crippen LogP contribution in [-0.2, 0) is 0 Å². The summed E-state index contributed by atoms with van der Waals surface area (Å²) in [5.41, 5.74) is 12.0. The summed E-state index contributed by atoms with van der Waals surface area (Å²) in [6.45, 7) is 22.3. The number of benzene rings is 5. The molecule has 0 fully saturated rings. The highest BCUT2D eigenvalue weighted by atomic mass is 16.3. The highest BCUT2D eigenvalue weighted by molar-refractivity contribution is 6.27. The summed E-state index contributed by atoms with van der Waals surface area (Å²) in [4.78, 5) is 2.34. The van der Waals surface area contributed by atoms with Gasteiger partial charge in [0, 0.05) is 44.3 Å². The van der Waals surface area contributed by atoms with Crippen molar-refractivity contribution in [1.82, 2.24) is 4.57 Å². The number of fused-ring (bicyclic) bond motifs is 7. The summed E-state index contributed by atoms with van der Waals surface area (Å²) in [6, 6.07) is 39.0. The van der Waals surface area contributed by atoms with Crippen molar-refractivity contribution < 1.29 is 4.42 Å². The molecule has 0 radical (unpaired) electrons. The number of hydrogen-bond donors (Lipinski definition) is 0. The maximum Gasteiger partial charge on any atom is 0.136 e. The third-order valence-electron chi connectivity index (χ3n) is 9.48. The van der Waals surface area contributed by atoms with Crippen LogP contribution in [0.1, 0.15) is 66.9 Å². The number of hydrogen-bond acceptors (Lipinski definition) is 2. The van der Waals surface area contributed by atoms with Crippen LogP contribution in [-0.4, -0.2) is 4.57 Å². The first-order valence-electron chi connectivity index (χ1n) is 19.4. The Kier molecular flexibility index (Phi) is 13.5. The fraction of sp³-hybridized carbons (Fsp3) is 0.176. The highest BCUT2D eigenvalue weighted by Crippen LogP contribution is 2.41. The SMILES string of the molecule is C=C/C(=C\C)C/C=C\C(=C/CC)N(c1ccc(/C(C=C)=C/C)cc1)c1ccc(-n2c3ccccc3c3c4c(ccc32)oc2ccccc24)cc1.CC.CC. The Hall–Kier alpha value is -6.06. The summed E-state index contributed by atoms with van der Waals surface area (Å²) in [5, 5.41) is 4.73. The summed E-state index contributed by atoms with van der Waals surface area (Å²) in [6.07, 6.45) is 16.5. The smallest absolute Gasteiger partial charge is 0.136 e. The zero-order valence-corrected chi connectivity index (χ0v) is 33.1. The minimum Gasteiger partial charge on any atom is -0.456 e. The molecular weight excluding hydrogens is 657 g/mol. The van der Waals surface area contributed by atoms with Crippen molar-refractivity contribution >= 4 is 60.7 Å². The number of furan rings is 1. The molecule has 274 valence electrons. The number of anilines is 2. The number of rotatable bonds is 11. The van der Waals surface area contributed by atoms with Gasteiger partial charge in [-0.05, 0) is 110 Å². The van der Waals surface area contributed by atoms with Gasteiger partial charge in [-0.3, -0.25) is 0 Å². The van der Waals surface area contributed by atoms with E-state index in [0.717, 1.165) is 74.2 Å². The largest absolute Gasteiger partial charge is 0.456 e. The summed E-state index contributed by atoms with van der Waals surface area (Å²) in [5.74, 6) is 0. The van der Waals surface area contributed by atoms with Gasteiger partial charge < -0.3 is 13.9 Å². The van der Waals surface area contributed by atoms with Crippen LogP contribution < -0.4 is 4.90 Å². The molecule has 3 nitrogen and oxygen atoms in total. The van der Waals surface area contributed by atoms with Gasteiger partial charge in [-0.15, -0.1) is 0 Å². The van der Waals surface area contributed by atoms with Crippen molar-refractivity contribution in [3.8, 4) is 5.69 Å². The molecule has 5 aromatic carbocycles. The minimum absolute atomic E-state index is 0.823. The molecule has 3 heteroatoms. The van der Waals surface area contributed by atoms with E-state index in [0.29, 0.717) is 0 Å². The quantitative estimate of drug-likeness (QED) is 0.125. The van der Waals surface area contributed by atoms with Crippen LogP contribution in [0.3, 0.4) is 0 Å². The second-order valence-corrected chi connectivity index (χ2v) is 12.3. The van der Waals surface area contributed by atoms with E-state index in [1.807, 2.05) is 58.9 Å². The number of allylic oxidation sites excluding steroid dienone is 9. The standard InChI is InChI=1S/C47H42N2O.2C2H6/c1-6-16-36(18-15-17-33(7-2)8-3)48(37-25-23-35(24-26-37)34(9-4)10-5)38-27-29-39(30-28-38)49-42-21-13-11-19-40(42)46-43(49)31-32-45-47(46)41-20-12-14-22-44(41)50-45;2*1-2/h7-16,18-32H,2,4,6,17H2,1,3,5H3;2*1-2H3/b18-15-,33-8+,34-10+,36-16+;;. The maximum absolute atomic E-state index is 6.30. The van der Waals surface area contributed by atoms with Crippen molar-refractivity contribution in [3.63, 3.8) is 0 Å². The molecule has 54 heavy (non-hydrogen) atoms. The molecule has 2 heterocycles. The molecular formula is C51H54N2O. The lowest BCUT2D eigenvalue weighted by atomic mass is 10.0. The minimum atomic E-state index is 0.823. The fourth-order valence-electron chi connectivity index (χ4n) is 7.03. The molecule has 0 unspecified atom stereocenters. The van der Waals surface area contributed by atoms with Gasteiger partial charge in [0.15, 0.2) is 0 Å². The molecule has 0 atom stereocenters. The van der Waals surface area contributed by atoms with Gasteiger partial charge in [0.2, 0.25) is 0 Å². The van der Waals surface area contributed by atoms with Crippen LogP contribution in [0.15, 0.2) is 181 Å². The molecule has 2 aromatic heterocycles. The van der Waals surface area contributed by atoms with E-state index in [-0.39, 0.29) is 0 Å². The summed E-state index contributed by atoms with van der Waals surface area (Å²) >= 11 is 0. The molecule has 0 N–H and O–H groups in total. The number of nitrogens with zero attached hydrogens (tertiary/aromatic N) is 2. The van der Waals surface area contributed by atoms with E-state index in [1.165, 1.54) is 21.9 Å². The topological polar surface area (TPSA) is 21.3 Å². The lowest BCUT2D eigenvalue weighted by molar-refractivity contribution is 0.669. The van der Waals surface area contributed by atoms with E-state index >= 15 is 0 Å². The zero-order chi connectivity index (χ0) is 38.6. The zero-order valence-electron chi connectivity index (χ0n) is 33.1. The van der Waals surface area contributed by atoms with E-state index < -0.39 is 0 Å². The van der Waals surface area contributed by atoms with Crippen LogP contribution in [0, 0.1) is 0 Å². The molecule has 0 aliphatic heterocycles. The Morgan fingerprint density at radius 2 is 1.31 bits per heavy atom. The maximum atomic E-state index is 6.30. The molecule has 0 bridgehead atoms. The summed E-state index contributed by atoms with van der Waals surface area (Å²) in [7, 11) is 0. The molecule has 0 saturated heterocycles. The Balaban J connectivity index is 0.00000136. The Labute approximate surface area is 322 Å². The Morgan fingerprint density at radius 3 is 1.94 bits per heavy atom. The predicted octanol–water partition coefficient (Wildman–Crippen LogP) is 15.8. The van der Waals surface area contributed by atoms with Crippen LogP contribution in [0.25, 0.3) is 55.0 Å². The van der Waals surface area contributed by atoms with Crippen LogP contribution in [0.2, 0.25) is 0 Å². The van der Waals surface area contributed by atoms with Crippen molar-refractivity contribution in [1.29, 1.82) is 0 Å². The van der Waals surface area contributed by atoms with E-state index in [4.69, 9.17) is 4.42 Å². The Morgan fingerprint density at radius 1 is 0.667 bits per heavy atom. The van der Waals surface area contributed by atoms with E-state index in [9.17, 15) is 0 Å². The van der Waals surface area contributed by atoms with Crippen molar-refractivity contribution in [2.24, 2.45) is 0 Å². The monoisotopic (exact) mass is 710 g/mol. The fourth-order valence-corrected chi connectivity index (χ4v) is 7.03. The third kappa shape index (κ3) is 7.68. The van der Waals surface area contributed by atoms with Crippen molar-refractivity contribution in [2.45, 2.75) is 61.3 Å². The molecule has 7 rings (SSSR count). The summed E-state index contributed by atoms with van der Waals surface area (Å²) < 4.78 is 8.67. The lowest BCUT2D eigenvalue weighted by Crippen LogP contribution is -2.15. The van der Waals surface area contributed by atoms with Gasteiger partial charge in [-0.1, -0.05) is 133 Å². The van der Waals surface area contributed by atoms with Crippen LogP contribution >= 0.6 is 0 Å². The van der Waals surface area contributed by atoms with E-state index in [2.05, 4.69) is 164 Å². The number of para-hydroxylation sites is 2. The molecule has 0 saturated carbocycles. The molecule has 0 aliphatic rings. The van der Waals surface area contributed by atoms with Gasteiger partial charge in [0.1, 0.15) is 11.2 Å². The van der Waals surface area contributed by atoms with Gasteiger partial charge in [-0.2, -0.15) is 0 Å². The van der Waals surface area contributed by atoms with Gasteiger partial charge >= 0.3 is 0 Å². The normalized spacial score (nSPS) is 12.2. The molecule has 0 aliphatic carbocycles. The third-order valence-corrected chi connectivity index (χ3v) is 9.48. The predicted molar refractivity (Wildman–Crippen MR) is 239 cm³/mol. The van der Waals surface area contributed by atoms with Crippen molar-refractivity contribution in [3.05, 3.63) is 182 Å². The lowest BCUT2D eigenvalue weighted by Gasteiger charge is -2.27. The van der Waals surface area contributed by atoms with Gasteiger partial charge in [0.25, 0.3) is 0 Å². The second kappa shape index (κ2) is 18.6. The first kappa shape index (κ1) is 39.2. The van der Waals surface area contributed by atoms with Gasteiger partial charge in [-0.25, -0.2) is 0 Å². The van der Waals surface area contributed by atoms with Crippen LogP contribution in [0.5, 0.6) is 0 Å². The second-order valence-electron chi connectivity index (χ2n) is 12.3. The van der Waals surface area contributed by atoms with Crippen molar-refractivity contribution in [2.75, 3.05) is 4.90 Å². The number of aromatic nitrogens is 1. The Bertz CT molecular complexity index is 2480. The molecule has 7 aromatic rings. The van der Waals surface area contributed by atoms with E-state index in [1.54, 1.807) is 0 Å². The highest BCUT2D eigenvalue weighted by Gasteiger charge is 2.19. The molecule has 0 spiro atoms.